The van der Waals surface area contributed by atoms with E-state index in [4.69, 9.17) is 9.40 Å². The number of fused-ring (bicyclic) bond motifs is 4. The molecule has 9 rings (SSSR count). The maximum absolute atomic E-state index is 9.69. The first-order valence-electron chi connectivity index (χ1n) is 21.0. The topological polar surface area (TPSA) is 31.0 Å². The van der Waals surface area contributed by atoms with Gasteiger partial charge in [0.05, 0.1) is 22.3 Å². The summed E-state index contributed by atoms with van der Waals surface area (Å²) in [7, 11) is 0. The van der Waals surface area contributed by atoms with Gasteiger partial charge in [0, 0.05) is 13.5 Å². The van der Waals surface area contributed by atoms with Crippen molar-refractivity contribution in [2.75, 3.05) is 0 Å². The fourth-order valence-corrected chi connectivity index (χ4v) is 8.79. The highest BCUT2D eigenvalue weighted by Gasteiger charge is 2.29. The zero-order chi connectivity index (χ0) is 39.9. The summed E-state index contributed by atoms with van der Waals surface area (Å²) in [6.45, 7) is 15.3. The summed E-state index contributed by atoms with van der Waals surface area (Å²) in [6.07, 6.45) is 3.92. The van der Waals surface area contributed by atoms with Gasteiger partial charge in [0.15, 0.2) is 0 Å². The number of hydrogen-bond acceptors (Lipinski definition) is 2. The minimum atomic E-state index is -0.940. The molecule has 2 aromatic heterocycles. The molecule has 0 bridgehead atoms. The van der Waals surface area contributed by atoms with E-state index in [0.717, 1.165) is 120 Å². The van der Waals surface area contributed by atoms with Crippen molar-refractivity contribution in [3.8, 4) is 39.3 Å². The van der Waals surface area contributed by atoms with Crippen LogP contribution in [0.3, 0.4) is 0 Å². The number of imidazole rings is 1. The van der Waals surface area contributed by atoms with E-state index in [-0.39, 0.29) is 5.92 Å². The van der Waals surface area contributed by atoms with Gasteiger partial charge in [0.2, 0.25) is 0 Å². The molecule has 0 unspecified atom stereocenters. The van der Waals surface area contributed by atoms with E-state index in [9.17, 15) is 2.74 Å². The van der Waals surface area contributed by atoms with Crippen molar-refractivity contribution in [3.05, 3.63) is 144 Å². The van der Waals surface area contributed by atoms with Crippen LogP contribution >= 0.6 is 0 Å². The Morgan fingerprint density at radius 3 is 2.15 bits per heavy atom. The number of rotatable bonds is 7. The van der Waals surface area contributed by atoms with Crippen molar-refractivity contribution in [3.63, 3.8) is 0 Å². The quantitative estimate of drug-likeness (QED) is 0.164. The Bertz CT molecular complexity index is 2790. The van der Waals surface area contributed by atoms with E-state index >= 15 is 0 Å². The molecule has 3 heteroatoms. The van der Waals surface area contributed by atoms with E-state index in [2.05, 4.69) is 154 Å². The van der Waals surface area contributed by atoms with Crippen LogP contribution in [0.4, 0.5) is 0 Å². The molecule has 276 valence electrons. The molecule has 3 nitrogen and oxygen atoms in total. The molecule has 0 amide bonds. The zero-order valence-corrected chi connectivity index (χ0v) is 33.3. The zero-order valence-electron chi connectivity index (χ0n) is 35.3. The number of nitrogens with zero attached hydrogens (tertiary/aromatic N) is 2. The van der Waals surface area contributed by atoms with Gasteiger partial charge in [-0.25, -0.2) is 4.98 Å². The van der Waals surface area contributed by atoms with Crippen molar-refractivity contribution in [2.24, 2.45) is 5.41 Å². The number of para-hydroxylation sites is 2. The van der Waals surface area contributed by atoms with E-state index in [1.807, 2.05) is 19.9 Å². The first-order chi connectivity index (χ1) is 27.2. The van der Waals surface area contributed by atoms with E-state index in [1.165, 1.54) is 0 Å². The lowest BCUT2D eigenvalue weighted by atomic mass is 9.71. The SMILES string of the molecule is [2H]C(C)(C)c1cc(-c2ccc(C3([2H])CCC(C)(C)CC3)cc2)cc(C(C)C)c1-n1c(-c2cccc3c2oc2cc(-c4ccccc4)ccc23)nc2cccc(C)c21. The lowest BCUT2D eigenvalue weighted by Crippen LogP contribution is -2.20. The van der Waals surface area contributed by atoms with Gasteiger partial charge in [0.25, 0.3) is 0 Å². The minimum absolute atomic E-state index is 0.148. The third-order valence-electron chi connectivity index (χ3n) is 12.1. The van der Waals surface area contributed by atoms with Crippen molar-refractivity contribution in [1.82, 2.24) is 9.55 Å². The molecular weight excluding hydrogens is 669 g/mol. The van der Waals surface area contributed by atoms with E-state index in [0.29, 0.717) is 5.41 Å². The molecule has 6 aromatic carbocycles. The molecule has 1 saturated carbocycles. The van der Waals surface area contributed by atoms with Crippen LogP contribution in [0.5, 0.6) is 0 Å². The Kier molecular flexibility index (Phi) is 8.22. The van der Waals surface area contributed by atoms with E-state index in [1.54, 1.807) is 0 Å². The fourth-order valence-electron chi connectivity index (χ4n) is 8.79. The number of aromatic nitrogens is 2. The second-order valence-corrected chi connectivity index (χ2v) is 17.0. The Labute approximate surface area is 328 Å². The summed E-state index contributed by atoms with van der Waals surface area (Å²) < 4.78 is 28.2. The molecule has 55 heavy (non-hydrogen) atoms. The van der Waals surface area contributed by atoms with E-state index < -0.39 is 11.8 Å². The van der Waals surface area contributed by atoms with Crippen LogP contribution in [-0.2, 0) is 0 Å². The molecular formula is C52H52N2O. The van der Waals surface area contributed by atoms with Crippen LogP contribution in [0.1, 0.15) is 110 Å². The van der Waals surface area contributed by atoms with Gasteiger partial charge in [-0.15, -0.1) is 0 Å². The van der Waals surface area contributed by atoms with Gasteiger partial charge >= 0.3 is 0 Å². The third-order valence-corrected chi connectivity index (χ3v) is 12.1. The summed E-state index contributed by atoms with van der Waals surface area (Å²) in [4.78, 5) is 5.40. The van der Waals surface area contributed by atoms with Gasteiger partial charge in [-0.2, -0.15) is 0 Å². The monoisotopic (exact) mass is 722 g/mol. The maximum atomic E-state index is 9.69. The maximum Gasteiger partial charge on any atom is 0.149 e. The molecule has 0 saturated heterocycles. The smallest absolute Gasteiger partial charge is 0.149 e. The average Bonchev–Trinajstić information content (AvgIpc) is 3.78. The van der Waals surface area contributed by atoms with Crippen molar-refractivity contribution >= 4 is 33.0 Å². The first kappa shape index (κ1) is 33.0. The van der Waals surface area contributed by atoms with Gasteiger partial charge in [-0.05, 0) is 137 Å². The van der Waals surface area contributed by atoms with Crippen LogP contribution in [0.25, 0.3) is 72.3 Å². The Hall–Kier alpha value is -5.41. The molecule has 0 N–H and O–H groups in total. The summed E-state index contributed by atoms with van der Waals surface area (Å²) in [5, 5.41) is 2.12. The third kappa shape index (κ3) is 6.28. The molecule has 1 fully saturated rings. The predicted octanol–water partition coefficient (Wildman–Crippen LogP) is 15.2. The number of benzene rings is 6. The first-order valence-corrected chi connectivity index (χ1v) is 20.0. The average molecular weight is 723 g/mol. The molecule has 0 spiro atoms. The number of aryl methyl sites for hydroxylation is 1. The summed E-state index contributed by atoms with van der Waals surface area (Å²) in [6, 6.07) is 42.9. The Morgan fingerprint density at radius 2 is 1.42 bits per heavy atom. The van der Waals surface area contributed by atoms with Crippen molar-refractivity contribution in [1.29, 1.82) is 0 Å². The molecule has 0 radical (unpaired) electrons. The lowest BCUT2D eigenvalue weighted by molar-refractivity contribution is 0.224. The highest BCUT2D eigenvalue weighted by atomic mass is 16.3. The molecule has 1 aliphatic carbocycles. The molecule has 8 aromatic rings. The van der Waals surface area contributed by atoms with Crippen LogP contribution in [0.2, 0.25) is 0 Å². The second kappa shape index (κ2) is 13.7. The predicted molar refractivity (Wildman–Crippen MR) is 233 cm³/mol. The molecule has 1 aliphatic rings. The minimum Gasteiger partial charge on any atom is -0.455 e. The van der Waals surface area contributed by atoms with Crippen LogP contribution in [0.15, 0.2) is 126 Å². The molecule has 2 heterocycles. The van der Waals surface area contributed by atoms with Crippen LogP contribution in [0, 0.1) is 12.3 Å². The summed E-state index contributed by atoms with van der Waals surface area (Å²) in [5.74, 6) is -0.535. The fraction of sp³-hybridized carbons (Fsp3) is 0.288. The Morgan fingerprint density at radius 1 is 0.727 bits per heavy atom. The highest BCUT2D eigenvalue weighted by molar-refractivity contribution is 6.10. The normalized spacial score (nSPS) is 16.2. The van der Waals surface area contributed by atoms with Gasteiger partial charge in [-0.3, -0.25) is 4.57 Å². The van der Waals surface area contributed by atoms with Crippen molar-refractivity contribution < 1.29 is 7.16 Å². The standard InChI is InChI=1S/C52H52N2O/c1-32(2)44-29-40(37-21-19-36(20-22-37)38-25-27-52(6,7)28-26-38)30-45(33(3)4)49(44)54-48-34(5)13-11-18-46(48)53-51(54)43-17-12-16-42-41-24-23-39(31-47(41)55-50(42)43)35-14-9-8-10-15-35/h8-24,29-33,38H,25-28H2,1-7H3/i32D,38D. The number of hydrogen-bond donors (Lipinski definition) is 0. The lowest BCUT2D eigenvalue weighted by Gasteiger charge is -2.34. The van der Waals surface area contributed by atoms with Crippen LogP contribution < -0.4 is 0 Å². The molecule has 0 atom stereocenters. The van der Waals surface area contributed by atoms with Crippen molar-refractivity contribution in [2.45, 2.75) is 91.9 Å². The largest absolute Gasteiger partial charge is 0.455 e. The molecule has 0 aliphatic heterocycles. The van der Waals surface area contributed by atoms with Gasteiger partial charge in [0.1, 0.15) is 17.0 Å². The van der Waals surface area contributed by atoms with Crippen LogP contribution in [-0.4, -0.2) is 9.55 Å². The summed E-state index contributed by atoms with van der Waals surface area (Å²) >= 11 is 0. The summed E-state index contributed by atoms with van der Waals surface area (Å²) in [5.41, 5.74) is 14.6. The number of furan rings is 1. The van der Waals surface area contributed by atoms with Gasteiger partial charge in [-0.1, -0.05) is 126 Å². The second-order valence-electron chi connectivity index (χ2n) is 17.0. The Balaban J connectivity index is 1.24. The highest BCUT2D eigenvalue weighted by Crippen LogP contribution is 2.45. The van der Waals surface area contributed by atoms with Gasteiger partial charge < -0.3 is 4.42 Å².